The first-order chi connectivity index (χ1) is 14.8. The maximum atomic E-state index is 14.7. The summed E-state index contributed by atoms with van der Waals surface area (Å²) in [6.07, 6.45) is 2.91. The molecule has 2 aliphatic heterocycles. The fourth-order valence-corrected chi connectivity index (χ4v) is 4.27. The molecule has 4 rings (SSSR count). The van der Waals surface area contributed by atoms with Crippen molar-refractivity contribution in [2.75, 3.05) is 16.8 Å². The van der Waals surface area contributed by atoms with Gasteiger partial charge in [0.05, 0.1) is 16.6 Å². The smallest absolute Gasteiger partial charge is 0.269 e. The lowest BCUT2D eigenvalue weighted by Crippen LogP contribution is -2.42. The number of nitrogens with one attached hydrogen (secondary N) is 2. The summed E-state index contributed by atoms with van der Waals surface area (Å²) in [5.41, 5.74) is -1.42. The number of anilines is 2. The zero-order valence-corrected chi connectivity index (χ0v) is 16.6. The normalized spacial score (nSPS) is 22.9. The van der Waals surface area contributed by atoms with Crippen molar-refractivity contribution in [1.82, 2.24) is 9.97 Å². The van der Waals surface area contributed by atoms with Crippen LogP contribution in [0.15, 0.2) is 23.0 Å². The summed E-state index contributed by atoms with van der Waals surface area (Å²) in [5.74, 6) is -4.18. The van der Waals surface area contributed by atoms with E-state index in [2.05, 4.69) is 15.3 Å². The molecule has 0 aliphatic carbocycles. The van der Waals surface area contributed by atoms with Crippen molar-refractivity contribution in [2.45, 2.75) is 38.1 Å². The SMILES string of the molecule is CC1CCCCN1c1nc2c(c(=O)[nH]1)C(c1cc([N+](=O)[O-])ccc1F)C(C#N)C(=O)N2. The second-order valence-corrected chi connectivity index (χ2v) is 7.73. The number of non-ortho nitro benzene ring substituents is 1. The third-order valence-electron chi connectivity index (χ3n) is 5.85. The lowest BCUT2D eigenvalue weighted by atomic mass is 9.79. The molecule has 2 N–H and O–H groups in total. The van der Waals surface area contributed by atoms with E-state index in [9.17, 15) is 29.4 Å². The van der Waals surface area contributed by atoms with Crippen molar-refractivity contribution in [3.8, 4) is 6.07 Å². The summed E-state index contributed by atoms with van der Waals surface area (Å²) in [6, 6.07) is 4.74. The van der Waals surface area contributed by atoms with Crippen LogP contribution in [0.25, 0.3) is 0 Å². The molecule has 2 aromatic rings. The topological polar surface area (TPSA) is 145 Å². The van der Waals surface area contributed by atoms with Gasteiger partial charge in [-0.15, -0.1) is 0 Å². The predicted molar refractivity (Wildman–Crippen MR) is 108 cm³/mol. The van der Waals surface area contributed by atoms with Gasteiger partial charge in [-0.3, -0.25) is 24.7 Å². The average molecular weight is 426 g/mol. The Bertz CT molecular complexity index is 1170. The number of benzene rings is 1. The minimum Gasteiger partial charge on any atom is -0.340 e. The molecule has 1 saturated heterocycles. The lowest BCUT2D eigenvalue weighted by molar-refractivity contribution is -0.385. The Balaban J connectivity index is 1.90. The maximum absolute atomic E-state index is 14.7. The second-order valence-electron chi connectivity index (χ2n) is 7.73. The molecule has 0 saturated carbocycles. The van der Waals surface area contributed by atoms with Gasteiger partial charge in [0.25, 0.3) is 11.2 Å². The van der Waals surface area contributed by atoms with Gasteiger partial charge in [-0.25, -0.2) is 4.39 Å². The molecule has 10 nitrogen and oxygen atoms in total. The third-order valence-corrected chi connectivity index (χ3v) is 5.85. The number of H-pyrrole nitrogens is 1. The molecule has 11 heteroatoms. The Kier molecular flexibility index (Phi) is 5.14. The quantitative estimate of drug-likeness (QED) is 0.566. The molecule has 1 amide bonds. The number of carbonyl (C=O) groups excluding carboxylic acids is 1. The number of nitriles is 1. The first-order valence-electron chi connectivity index (χ1n) is 9.87. The Hall–Kier alpha value is -3.81. The number of aromatic amines is 1. The zero-order chi connectivity index (χ0) is 22.3. The first kappa shape index (κ1) is 20.5. The van der Waals surface area contributed by atoms with Crippen LogP contribution in [0.2, 0.25) is 0 Å². The van der Waals surface area contributed by atoms with Crippen molar-refractivity contribution < 1.29 is 14.1 Å². The van der Waals surface area contributed by atoms with E-state index >= 15 is 0 Å². The molecular weight excluding hydrogens is 407 g/mol. The van der Waals surface area contributed by atoms with Gasteiger partial charge in [-0.2, -0.15) is 10.2 Å². The number of piperidine rings is 1. The summed E-state index contributed by atoms with van der Waals surface area (Å²) in [4.78, 5) is 45.2. The van der Waals surface area contributed by atoms with Crippen LogP contribution < -0.4 is 15.8 Å². The van der Waals surface area contributed by atoms with Crippen molar-refractivity contribution in [3.05, 3.63) is 55.6 Å². The van der Waals surface area contributed by atoms with Gasteiger partial charge in [0.2, 0.25) is 11.9 Å². The predicted octanol–water partition coefficient (Wildman–Crippen LogP) is 2.42. The van der Waals surface area contributed by atoms with E-state index < -0.39 is 39.7 Å². The molecule has 3 heterocycles. The van der Waals surface area contributed by atoms with Crippen LogP contribution in [0.4, 0.5) is 21.8 Å². The number of aromatic nitrogens is 2. The van der Waals surface area contributed by atoms with Crippen LogP contribution in [0.1, 0.15) is 43.2 Å². The Morgan fingerprint density at radius 3 is 2.81 bits per heavy atom. The van der Waals surface area contributed by atoms with E-state index in [0.29, 0.717) is 6.54 Å². The van der Waals surface area contributed by atoms with Crippen molar-refractivity contribution in [3.63, 3.8) is 0 Å². The van der Waals surface area contributed by atoms with E-state index in [4.69, 9.17) is 0 Å². The van der Waals surface area contributed by atoms with Crippen LogP contribution >= 0.6 is 0 Å². The Labute approximate surface area is 175 Å². The van der Waals surface area contributed by atoms with Crippen molar-refractivity contribution in [1.29, 1.82) is 5.26 Å². The first-order valence-corrected chi connectivity index (χ1v) is 9.87. The summed E-state index contributed by atoms with van der Waals surface area (Å²) >= 11 is 0. The van der Waals surface area contributed by atoms with Crippen molar-refractivity contribution >= 4 is 23.4 Å². The molecule has 3 unspecified atom stereocenters. The van der Waals surface area contributed by atoms with Gasteiger partial charge >= 0.3 is 0 Å². The van der Waals surface area contributed by atoms with E-state index in [1.54, 1.807) is 6.07 Å². The van der Waals surface area contributed by atoms with Gasteiger partial charge in [-0.05, 0) is 32.3 Å². The number of amides is 1. The zero-order valence-electron chi connectivity index (χ0n) is 16.6. The number of rotatable bonds is 3. The fourth-order valence-electron chi connectivity index (χ4n) is 4.27. The van der Waals surface area contributed by atoms with Gasteiger partial charge in [0, 0.05) is 36.2 Å². The summed E-state index contributed by atoms with van der Waals surface area (Å²) in [6.45, 7) is 2.69. The standard InChI is InChI=1S/C20H19FN6O4/c1-10-4-2-3-7-26(10)20-24-17-16(19(29)25-20)15(13(9-22)18(28)23-17)12-8-11(27(30)31)5-6-14(12)21/h5-6,8,10,13,15H,2-4,7H2,1H3,(H2,23,24,25,28,29). The number of nitrogens with zero attached hydrogens (tertiary/aromatic N) is 4. The largest absolute Gasteiger partial charge is 0.340 e. The van der Waals surface area contributed by atoms with Crippen LogP contribution in [0.5, 0.6) is 0 Å². The minimum absolute atomic E-state index is 0.0658. The second kappa shape index (κ2) is 7.79. The highest BCUT2D eigenvalue weighted by atomic mass is 19.1. The van der Waals surface area contributed by atoms with Gasteiger partial charge < -0.3 is 10.2 Å². The third kappa shape index (κ3) is 3.50. The van der Waals surface area contributed by atoms with E-state index in [1.807, 2.05) is 11.8 Å². The number of fused-ring (bicyclic) bond motifs is 1. The molecule has 1 aromatic carbocycles. The molecule has 160 valence electrons. The molecule has 0 spiro atoms. The molecule has 31 heavy (non-hydrogen) atoms. The number of hydrogen-bond acceptors (Lipinski definition) is 7. The molecule has 0 radical (unpaired) electrons. The lowest BCUT2D eigenvalue weighted by Gasteiger charge is -2.35. The molecule has 1 aromatic heterocycles. The summed E-state index contributed by atoms with van der Waals surface area (Å²) < 4.78 is 14.7. The number of nitro groups is 1. The van der Waals surface area contributed by atoms with Crippen LogP contribution in [0, 0.1) is 33.2 Å². The summed E-state index contributed by atoms with van der Waals surface area (Å²) in [7, 11) is 0. The van der Waals surface area contributed by atoms with E-state index in [0.717, 1.165) is 37.5 Å². The van der Waals surface area contributed by atoms with E-state index in [-0.39, 0.29) is 28.9 Å². The fraction of sp³-hybridized carbons (Fsp3) is 0.400. The number of carbonyl (C=O) groups is 1. The molecule has 0 bridgehead atoms. The minimum atomic E-state index is -1.45. The van der Waals surface area contributed by atoms with Crippen molar-refractivity contribution in [2.24, 2.45) is 5.92 Å². The van der Waals surface area contributed by atoms with Crippen LogP contribution in [0.3, 0.4) is 0 Å². The Morgan fingerprint density at radius 2 is 2.13 bits per heavy atom. The number of nitro benzene ring substituents is 1. The number of hydrogen-bond donors (Lipinski definition) is 2. The maximum Gasteiger partial charge on any atom is 0.269 e. The van der Waals surface area contributed by atoms with Crippen LogP contribution in [-0.2, 0) is 4.79 Å². The molecule has 3 atom stereocenters. The molecule has 1 fully saturated rings. The molecule has 2 aliphatic rings. The monoisotopic (exact) mass is 426 g/mol. The van der Waals surface area contributed by atoms with Crippen LogP contribution in [-0.4, -0.2) is 33.4 Å². The average Bonchev–Trinajstić information content (AvgIpc) is 2.73. The van der Waals surface area contributed by atoms with Gasteiger partial charge in [-0.1, -0.05) is 0 Å². The Morgan fingerprint density at radius 1 is 1.35 bits per heavy atom. The summed E-state index contributed by atoms with van der Waals surface area (Å²) in [5, 5.41) is 23.2. The molecular formula is C20H19FN6O4. The highest BCUT2D eigenvalue weighted by Gasteiger charge is 2.42. The highest BCUT2D eigenvalue weighted by molar-refractivity contribution is 5.98. The van der Waals surface area contributed by atoms with E-state index in [1.165, 1.54) is 0 Å². The van der Waals surface area contributed by atoms with Gasteiger partial charge in [0.1, 0.15) is 17.6 Å². The number of halogens is 1. The highest BCUT2D eigenvalue weighted by Crippen LogP contribution is 2.40. The van der Waals surface area contributed by atoms with Gasteiger partial charge in [0.15, 0.2) is 0 Å².